The number of carbonyl (C=O) groups is 1. The molecule has 0 atom stereocenters. The van der Waals surface area contributed by atoms with Crippen LogP contribution in [0, 0.1) is 0 Å². The van der Waals surface area contributed by atoms with E-state index in [1.807, 2.05) is 4.90 Å². The van der Waals surface area contributed by atoms with E-state index in [0.29, 0.717) is 6.42 Å². The maximum absolute atomic E-state index is 11.3. The zero-order valence-electron chi connectivity index (χ0n) is 7.00. The Labute approximate surface area is 107 Å². The molecule has 0 N–H and O–H groups in total. The van der Waals surface area contributed by atoms with Crippen molar-refractivity contribution in [2.24, 2.45) is 0 Å². The summed E-state index contributed by atoms with van der Waals surface area (Å²) in [6.07, 6.45) is 0.611. The van der Waals surface area contributed by atoms with Crippen molar-refractivity contribution in [2.45, 2.75) is 6.42 Å². The number of halogens is 1. The van der Waals surface area contributed by atoms with Crippen LogP contribution in [0.1, 0.15) is 6.42 Å². The van der Waals surface area contributed by atoms with Crippen molar-refractivity contribution in [3.63, 3.8) is 0 Å². The number of hydrogen-bond acceptors (Lipinski definition) is 1. The zero-order valence-corrected chi connectivity index (χ0v) is 11.4. The summed E-state index contributed by atoms with van der Waals surface area (Å²) < 4.78 is 0. The summed E-state index contributed by atoms with van der Waals surface area (Å²) in [6, 6.07) is 0. The van der Waals surface area contributed by atoms with Gasteiger partial charge < -0.3 is 10.2 Å². The zero-order chi connectivity index (χ0) is 8.10. The van der Waals surface area contributed by atoms with Crippen molar-refractivity contribution in [3.05, 3.63) is 5.32 Å². The Morgan fingerprint density at radius 3 is 2.50 bits per heavy atom. The van der Waals surface area contributed by atoms with E-state index in [1.165, 1.54) is 0 Å². The van der Waals surface area contributed by atoms with Crippen LogP contribution in [-0.4, -0.2) is 42.3 Å². The Balaban J connectivity index is 0.00000121. The minimum atomic E-state index is 0. The molecule has 0 spiro atoms. The van der Waals surface area contributed by atoms with Crippen molar-refractivity contribution >= 4 is 21.8 Å². The molecule has 1 aliphatic rings. The third-order valence-electron chi connectivity index (χ3n) is 1.72. The first kappa shape index (κ1) is 13.0. The Kier molecular flexibility index (Phi) is 8.05. The van der Waals surface area contributed by atoms with Gasteiger partial charge in [-0.2, -0.15) is 0 Å². The first-order valence-electron chi connectivity index (χ1n) is 3.81. The van der Waals surface area contributed by atoms with Gasteiger partial charge in [0, 0.05) is 57.5 Å². The first-order valence-corrected chi connectivity index (χ1v) is 4.93. The number of piperazine rings is 1. The topological polar surface area (TPSA) is 34.4 Å². The summed E-state index contributed by atoms with van der Waals surface area (Å²) in [7, 11) is 0. The van der Waals surface area contributed by atoms with Crippen molar-refractivity contribution < 1.29 is 37.5 Å². The van der Waals surface area contributed by atoms with Gasteiger partial charge in [-0.25, -0.2) is 0 Å². The fraction of sp³-hybridized carbons (Fsp3) is 0.857. The molecular weight excluding hydrogens is 297 g/mol. The standard InChI is InChI=1S/C7H12BrN2O.Y/c8-2-1-7(11)10-5-3-9-4-6-10;/h1-6H2;/q-1;. The number of hydrogen-bond donors (Lipinski definition) is 0. The van der Waals surface area contributed by atoms with Crippen LogP contribution in [0.25, 0.3) is 5.32 Å². The fourth-order valence-corrected chi connectivity index (χ4v) is 1.43. The van der Waals surface area contributed by atoms with E-state index in [0.717, 1.165) is 31.5 Å². The molecular formula is C7H12BrN2OY-. The maximum atomic E-state index is 11.3. The van der Waals surface area contributed by atoms with Crippen molar-refractivity contribution in [3.8, 4) is 0 Å². The molecule has 1 rings (SSSR count). The molecule has 0 unspecified atom stereocenters. The number of carbonyl (C=O) groups excluding carboxylic acids is 1. The number of rotatable bonds is 2. The van der Waals surface area contributed by atoms with Crippen LogP contribution in [0.15, 0.2) is 0 Å². The second kappa shape index (κ2) is 7.42. The van der Waals surface area contributed by atoms with E-state index >= 15 is 0 Å². The van der Waals surface area contributed by atoms with Crippen LogP contribution < -0.4 is 0 Å². The fourth-order valence-electron chi connectivity index (χ4n) is 1.09. The predicted molar refractivity (Wildman–Crippen MR) is 48.1 cm³/mol. The Morgan fingerprint density at radius 2 is 2.00 bits per heavy atom. The minimum absolute atomic E-state index is 0. The number of nitrogens with zero attached hydrogens (tertiary/aromatic N) is 2. The molecule has 0 aromatic carbocycles. The van der Waals surface area contributed by atoms with Gasteiger partial charge in [0.25, 0.3) is 0 Å². The molecule has 1 heterocycles. The van der Waals surface area contributed by atoms with Crippen LogP contribution in [0.5, 0.6) is 0 Å². The quantitative estimate of drug-likeness (QED) is 0.700. The first-order chi connectivity index (χ1) is 5.34. The van der Waals surface area contributed by atoms with Crippen molar-refractivity contribution in [1.29, 1.82) is 0 Å². The monoisotopic (exact) mass is 308 g/mol. The van der Waals surface area contributed by atoms with Gasteiger partial charge in [0.15, 0.2) is 0 Å². The van der Waals surface area contributed by atoms with E-state index in [-0.39, 0.29) is 38.6 Å². The molecule has 0 saturated carbocycles. The molecule has 1 saturated heterocycles. The molecule has 5 heteroatoms. The van der Waals surface area contributed by atoms with Gasteiger partial charge in [-0.3, -0.25) is 4.79 Å². The van der Waals surface area contributed by atoms with E-state index in [9.17, 15) is 4.79 Å². The number of alkyl halides is 1. The minimum Gasteiger partial charge on any atom is -0.659 e. The van der Waals surface area contributed by atoms with Gasteiger partial charge in [0.2, 0.25) is 5.91 Å². The molecule has 67 valence electrons. The summed E-state index contributed by atoms with van der Waals surface area (Å²) in [4.78, 5) is 13.1. The van der Waals surface area contributed by atoms with Gasteiger partial charge >= 0.3 is 0 Å². The van der Waals surface area contributed by atoms with Crippen LogP contribution in [0.4, 0.5) is 0 Å². The Hall–Kier alpha value is 1.01. The van der Waals surface area contributed by atoms with Gasteiger partial charge in [0.1, 0.15) is 0 Å². The Morgan fingerprint density at radius 1 is 1.42 bits per heavy atom. The predicted octanol–water partition coefficient (Wildman–Crippen LogP) is 0.985. The molecule has 1 radical (unpaired) electrons. The summed E-state index contributed by atoms with van der Waals surface area (Å²) in [5.41, 5.74) is 0. The smallest absolute Gasteiger partial charge is 0.223 e. The van der Waals surface area contributed by atoms with Crippen LogP contribution in [0.2, 0.25) is 0 Å². The molecule has 1 fully saturated rings. The van der Waals surface area contributed by atoms with Gasteiger partial charge in [-0.1, -0.05) is 15.9 Å². The molecule has 0 aliphatic carbocycles. The molecule has 0 bridgehead atoms. The van der Waals surface area contributed by atoms with Gasteiger partial charge in [-0.15, -0.1) is 13.1 Å². The number of amides is 1. The largest absolute Gasteiger partial charge is 0.659 e. The summed E-state index contributed by atoms with van der Waals surface area (Å²) in [5.74, 6) is 0.247. The van der Waals surface area contributed by atoms with E-state index in [2.05, 4.69) is 21.2 Å². The molecule has 1 aliphatic heterocycles. The van der Waals surface area contributed by atoms with E-state index < -0.39 is 0 Å². The third kappa shape index (κ3) is 4.31. The van der Waals surface area contributed by atoms with Gasteiger partial charge in [-0.05, 0) is 0 Å². The average Bonchev–Trinajstić information content (AvgIpc) is 2.07. The third-order valence-corrected chi connectivity index (χ3v) is 2.11. The van der Waals surface area contributed by atoms with E-state index in [1.54, 1.807) is 0 Å². The van der Waals surface area contributed by atoms with Crippen LogP contribution in [0.3, 0.4) is 0 Å². The van der Waals surface area contributed by atoms with Crippen molar-refractivity contribution in [1.82, 2.24) is 4.90 Å². The molecule has 1 amide bonds. The normalized spacial score (nSPS) is 16.9. The summed E-state index contributed by atoms with van der Waals surface area (Å²) in [6.45, 7) is 3.25. The molecule has 0 aromatic heterocycles. The van der Waals surface area contributed by atoms with Crippen LogP contribution in [-0.2, 0) is 37.5 Å². The second-order valence-corrected chi connectivity index (χ2v) is 3.28. The SMILES string of the molecule is O=C(CCBr)N1CC[N-]CC1.[Y]. The molecule has 0 aromatic rings. The van der Waals surface area contributed by atoms with Crippen molar-refractivity contribution in [2.75, 3.05) is 31.5 Å². The molecule has 12 heavy (non-hydrogen) atoms. The van der Waals surface area contributed by atoms with Gasteiger partial charge in [0.05, 0.1) is 0 Å². The summed E-state index contributed by atoms with van der Waals surface area (Å²) in [5, 5.41) is 4.93. The van der Waals surface area contributed by atoms with Crippen LogP contribution >= 0.6 is 15.9 Å². The second-order valence-electron chi connectivity index (χ2n) is 2.49. The average molecular weight is 309 g/mol. The Bertz CT molecular complexity index is 139. The van der Waals surface area contributed by atoms with E-state index in [4.69, 9.17) is 0 Å². The maximum Gasteiger partial charge on any atom is 0.223 e. The molecule has 3 nitrogen and oxygen atoms in total. The summed E-state index contributed by atoms with van der Waals surface area (Å²) >= 11 is 3.25.